The van der Waals surface area contributed by atoms with E-state index in [1.54, 1.807) is 0 Å². The van der Waals surface area contributed by atoms with E-state index in [1.807, 2.05) is 24.3 Å². The van der Waals surface area contributed by atoms with Gasteiger partial charge in [0.1, 0.15) is 0 Å². The quantitative estimate of drug-likeness (QED) is 0.771. The molecular weight excluding hydrogens is 355 g/mol. The van der Waals surface area contributed by atoms with Gasteiger partial charge in [-0.05, 0) is 48.5 Å². The van der Waals surface area contributed by atoms with Crippen molar-refractivity contribution >= 4 is 34.6 Å². The number of nitrogens with zero attached hydrogens (tertiary/aromatic N) is 2. The summed E-state index contributed by atoms with van der Waals surface area (Å²) in [5.41, 5.74) is 2.48. The second kappa shape index (κ2) is 11.1. The molecule has 0 bridgehead atoms. The molecule has 0 aliphatic carbocycles. The summed E-state index contributed by atoms with van der Waals surface area (Å²) in [4.78, 5) is 4.78. The molecule has 1 fully saturated rings. The zero-order chi connectivity index (χ0) is 13.9. The van der Waals surface area contributed by atoms with Crippen molar-refractivity contribution in [1.29, 1.82) is 0 Å². The van der Waals surface area contributed by atoms with E-state index in [2.05, 4.69) is 34.1 Å². The largest absolute Gasteiger partial charge is 0.412 e. The van der Waals surface area contributed by atoms with Gasteiger partial charge in [-0.15, -0.1) is 0 Å². The minimum atomic E-state index is 0. The first-order valence-corrected chi connectivity index (χ1v) is 7.49. The number of piperazine rings is 1. The number of halogens is 2. The molecule has 3 rings (SSSR count). The molecule has 2 aromatic rings. The van der Waals surface area contributed by atoms with Gasteiger partial charge in [0, 0.05) is 47.6 Å². The number of rotatable bonds is 2. The molecule has 0 amide bonds. The van der Waals surface area contributed by atoms with E-state index >= 15 is 0 Å². The van der Waals surface area contributed by atoms with E-state index in [-0.39, 0.29) is 21.9 Å². The third-order valence-electron chi connectivity index (χ3n) is 3.66. The third kappa shape index (κ3) is 5.83. The van der Waals surface area contributed by atoms with Crippen molar-refractivity contribution in [1.82, 2.24) is 0 Å². The normalized spacial score (nSPS) is 12.9. The average Bonchev–Trinajstić information content (AvgIpc) is 2.49. The van der Waals surface area contributed by atoms with Crippen LogP contribution in [0.1, 0.15) is 0 Å². The van der Waals surface area contributed by atoms with Gasteiger partial charge in [0.15, 0.2) is 0 Å². The number of hydrogen-bond acceptors (Lipinski definition) is 2. The monoisotopic (exact) mass is 378 g/mol. The summed E-state index contributed by atoms with van der Waals surface area (Å²) >= 11 is 11.9. The van der Waals surface area contributed by atoms with Crippen LogP contribution in [0.5, 0.6) is 0 Å². The standard InChI is InChI=1S/C16H16Cl2N2.4H2O/c17-13-1-5-15(6-2-13)19-9-11-20(12-10-19)16-7-3-14(18)4-8-16;;;;/h1-8H,9-12H2;4*1H2. The van der Waals surface area contributed by atoms with Gasteiger partial charge in [0.25, 0.3) is 0 Å². The first kappa shape index (κ1) is 24.7. The number of hydrogen-bond donors (Lipinski definition) is 0. The zero-order valence-electron chi connectivity index (χ0n) is 13.1. The summed E-state index contributed by atoms with van der Waals surface area (Å²) in [5.74, 6) is 0. The maximum absolute atomic E-state index is 5.93. The SMILES string of the molecule is Clc1ccc(N2CCN(c3ccc(Cl)cc3)CC2)cc1.O.O.O.O. The summed E-state index contributed by atoms with van der Waals surface area (Å²) in [6, 6.07) is 16.1. The molecule has 1 aliphatic rings. The molecular formula is C16H24Cl2N2O4. The van der Waals surface area contributed by atoms with Gasteiger partial charge in [-0.3, -0.25) is 0 Å². The fourth-order valence-electron chi connectivity index (χ4n) is 2.53. The lowest BCUT2D eigenvalue weighted by Crippen LogP contribution is -2.46. The lowest BCUT2D eigenvalue weighted by Gasteiger charge is -2.37. The summed E-state index contributed by atoms with van der Waals surface area (Å²) < 4.78 is 0. The highest BCUT2D eigenvalue weighted by atomic mass is 35.5. The van der Waals surface area contributed by atoms with E-state index in [1.165, 1.54) is 11.4 Å². The second-order valence-corrected chi connectivity index (χ2v) is 5.80. The summed E-state index contributed by atoms with van der Waals surface area (Å²) in [6.07, 6.45) is 0. The minimum Gasteiger partial charge on any atom is -0.412 e. The van der Waals surface area contributed by atoms with Crippen LogP contribution in [0.2, 0.25) is 10.0 Å². The van der Waals surface area contributed by atoms with E-state index in [9.17, 15) is 0 Å². The van der Waals surface area contributed by atoms with Crippen molar-refractivity contribution in [3.63, 3.8) is 0 Å². The maximum Gasteiger partial charge on any atom is 0.0407 e. The third-order valence-corrected chi connectivity index (χ3v) is 4.17. The van der Waals surface area contributed by atoms with E-state index in [0.717, 1.165) is 36.2 Å². The van der Waals surface area contributed by atoms with Crippen LogP contribution in [0.25, 0.3) is 0 Å². The van der Waals surface area contributed by atoms with Crippen molar-refractivity contribution in [3.05, 3.63) is 58.6 Å². The average molecular weight is 379 g/mol. The molecule has 1 saturated heterocycles. The first-order valence-electron chi connectivity index (χ1n) is 6.73. The van der Waals surface area contributed by atoms with Crippen LogP contribution in [-0.2, 0) is 0 Å². The molecule has 0 spiro atoms. The Bertz CT molecular complexity index is 520. The molecule has 8 N–H and O–H groups in total. The van der Waals surface area contributed by atoms with Gasteiger partial charge in [-0.1, -0.05) is 23.2 Å². The fourth-order valence-corrected chi connectivity index (χ4v) is 2.78. The van der Waals surface area contributed by atoms with Crippen molar-refractivity contribution in [2.75, 3.05) is 36.0 Å². The lowest BCUT2D eigenvalue weighted by atomic mass is 10.2. The molecule has 136 valence electrons. The van der Waals surface area contributed by atoms with Crippen molar-refractivity contribution in [2.24, 2.45) is 0 Å². The molecule has 0 unspecified atom stereocenters. The lowest BCUT2D eigenvalue weighted by molar-refractivity contribution is 0.653. The predicted octanol–water partition coefficient (Wildman–Crippen LogP) is 1.02. The highest BCUT2D eigenvalue weighted by Gasteiger charge is 2.17. The van der Waals surface area contributed by atoms with Crippen molar-refractivity contribution < 1.29 is 21.9 Å². The highest BCUT2D eigenvalue weighted by Crippen LogP contribution is 2.23. The van der Waals surface area contributed by atoms with Crippen LogP contribution < -0.4 is 9.80 Å². The van der Waals surface area contributed by atoms with Crippen LogP contribution in [0.3, 0.4) is 0 Å². The Kier molecular flexibility index (Phi) is 11.4. The molecule has 0 atom stereocenters. The van der Waals surface area contributed by atoms with E-state index < -0.39 is 0 Å². The second-order valence-electron chi connectivity index (χ2n) is 4.93. The molecule has 1 heterocycles. The fraction of sp³-hybridized carbons (Fsp3) is 0.250. The van der Waals surface area contributed by atoms with Crippen LogP contribution in [-0.4, -0.2) is 48.1 Å². The maximum atomic E-state index is 5.93. The first-order chi connectivity index (χ1) is 9.72. The van der Waals surface area contributed by atoms with Gasteiger partial charge < -0.3 is 31.7 Å². The minimum absolute atomic E-state index is 0. The van der Waals surface area contributed by atoms with Gasteiger partial charge >= 0.3 is 0 Å². The van der Waals surface area contributed by atoms with Crippen molar-refractivity contribution in [3.8, 4) is 0 Å². The Morgan fingerprint density at radius 1 is 0.500 bits per heavy atom. The Hall–Kier alpha value is -1.54. The Balaban J connectivity index is 0. The Labute approximate surface area is 151 Å². The Morgan fingerprint density at radius 2 is 0.750 bits per heavy atom. The topological polar surface area (TPSA) is 132 Å². The molecule has 6 nitrogen and oxygen atoms in total. The molecule has 8 heteroatoms. The van der Waals surface area contributed by atoms with Crippen molar-refractivity contribution in [2.45, 2.75) is 0 Å². The summed E-state index contributed by atoms with van der Waals surface area (Å²) in [7, 11) is 0. The predicted molar refractivity (Wildman–Crippen MR) is 102 cm³/mol. The van der Waals surface area contributed by atoms with Gasteiger partial charge in [0.2, 0.25) is 0 Å². The molecule has 0 saturated carbocycles. The molecule has 0 radical (unpaired) electrons. The van der Waals surface area contributed by atoms with Crippen LogP contribution in [0, 0.1) is 0 Å². The van der Waals surface area contributed by atoms with Crippen LogP contribution in [0.4, 0.5) is 11.4 Å². The van der Waals surface area contributed by atoms with Gasteiger partial charge in [0.05, 0.1) is 0 Å². The Morgan fingerprint density at radius 3 is 1.00 bits per heavy atom. The van der Waals surface area contributed by atoms with Crippen LogP contribution >= 0.6 is 23.2 Å². The zero-order valence-corrected chi connectivity index (χ0v) is 14.6. The van der Waals surface area contributed by atoms with Gasteiger partial charge in [-0.25, -0.2) is 0 Å². The van der Waals surface area contributed by atoms with Crippen LogP contribution in [0.15, 0.2) is 48.5 Å². The molecule has 0 aromatic heterocycles. The molecule has 24 heavy (non-hydrogen) atoms. The van der Waals surface area contributed by atoms with E-state index in [0.29, 0.717) is 0 Å². The number of benzene rings is 2. The molecule has 2 aromatic carbocycles. The summed E-state index contributed by atoms with van der Waals surface area (Å²) in [6.45, 7) is 4.07. The highest BCUT2D eigenvalue weighted by molar-refractivity contribution is 6.30. The molecule has 1 aliphatic heterocycles. The number of anilines is 2. The smallest absolute Gasteiger partial charge is 0.0407 e. The summed E-state index contributed by atoms with van der Waals surface area (Å²) in [5, 5.41) is 1.57. The van der Waals surface area contributed by atoms with E-state index in [4.69, 9.17) is 23.2 Å². The van der Waals surface area contributed by atoms with Gasteiger partial charge in [-0.2, -0.15) is 0 Å².